The molecule has 2 nitrogen and oxygen atoms in total. The van der Waals surface area contributed by atoms with Crippen molar-refractivity contribution in [1.82, 2.24) is 10.2 Å². The minimum atomic E-state index is 0. The number of nitrogens with one attached hydrogen (secondary N) is 1. The number of fused-ring (bicyclic) bond motifs is 1. The Balaban J connectivity index is 0.000000605. The van der Waals surface area contributed by atoms with Crippen molar-refractivity contribution in [2.75, 3.05) is 26.2 Å². The summed E-state index contributed by atoms with van der Waals surface area (Å²) in [6.45, 7) is 5.08. The van der Waals surface area contributed by atoms with Gasteiger partial charge >= 0.3 is 0 Å². The van der Waals surface area contributed by atoms with E-state index in [1.54, 1.807) is 0 Å². The van der Waals surface area contributed by atoms with Gasteiger partial charge in [-0.1, -0.05) is 6.42 Å². The summed E-state index contributed by atoms with van der Waals surface area (Å²) in [6, 6.07) is 0.877. The maximum atomic E-state index is 3.44. The van der Waals surface area contributed by atoms with E-state index in [9.17, 15) is 0 Å². The van der Waals surface area contributed by atoms with E-state index >= 15 is 0 Å². The Bertz CT molecular complexity index is 95.6. The summed E-state index contributed by atoms with van der Waals surface area (Å²) in [5, 5.41) is 3.44. The summed E-state index contributed by atoms with van der Waals surface area (Å²) in [5.41, 5.74) is 0. The summed E-state index contributed by atoms with van der Waals surface area (Å²) in [5.74, 6) is 0. The zero-order chi connectivity index (χ0) is 6.81. The van der Waals surface area contributed by atoms with Crippen LogP contribution in [0.2, 0.25) is 0 Å². The molecule has 2 aliphatic rings. The van der Waals surface area contributed by atoms with Gasteiger partial charge in [-0.2, -0.15) is 0 Å². The Morgan fingerprint density at radius 2 is 1.92 bits per heavy atom. The fourth-order valence-electron chi connectivity index (χ4n) is 2.08. The maximum Gasteiger partial charge on any atom is 0.0221 e. The van der Waals surface area contributed by atoms with E-state index in [2.05, 4.69) is 10.2 Å². The van der Waals surface area contributed by atoms with Gasteiger partial charge in [0, 0.05) is 25.7 Å². The van der Waals surface area contributed by atoms with Crippen LogP contribution in [-0.4, -0.2) is 37.1 Å². The van der Waals surface area contributed by atoms with E-state index in [4.69, 9.17) is 0 Å². The number of rotatable bonds is 0. The minimum absolute atomic E-state index is 0. The first-order valence-corrected chi connectivity index (χ1v) is 4.41. The highest BCUT2D eigenvalue weighted by molar-refractivity contribution is 5.85. The van der Waals surface area contributed by atoms with Crippen LogP contribution in [0.5, 0.6) is 0 Å². The third-order valence-corrected chi connectivity index (χ3v) is 2.70. The number of nitrogens with zero attached hydrogens (tertiary/aromatic N) is 1. The van der Waals surface area contributed by atoms with Gasteiger partial charge in [0.1, 0.15) is 0 Å². The largest absolute Gasteiger partial charge is 0.314 e. The number of hydrogen-bond acceptors (Lipinski definition) is 2. The van der Waals surface area contributed by atoms with Crippen molar-refractivity contribution in [2.24, 2.45) is 0 Å². The molecule has 0 aliphatic carbocycles. The van der Waals surface area contributed by atoms with Gasteiger partial charge in [-0.3, -0.25) is 4.90 Å². The van der Waals surface area contributed by atoms with Crippen LogP contribution in [-0.2, 0) is 0 Å². The molecule has 0 radical (unpaired) electrons. The normalized spacial score (nSPS) is 29.5. The molecule has 0 saturated carbocycles. The fourth-order valence-corrected chi connectivity index (χ4v) is 2.08. The zero-order valence-electron chi connectivity index (χ0n) is 7.29. The maximum absolute atomic E-state index is 3.44. The van der Waals surface area contributed by atoms with Crippen LogP contribution in [0.3, 0.4) is 0 Å². The molecular formula is C8H18Cl2N2. The SMILES string of the molecule is C1CCN2CCNCC2C1.Cl.Cl. The van der Waals surface area contributed by atoms with Gasteiger partial charge in [-0.25, -0.2) is 0 Å². The van der Waals surface area contributed by atoms with Gasteiger partial charge in [-0.15, -0.1) is 24.8 Å². The molecule has 0 bridgehead atoms. The van der Waals surface area contributed by atoms with E-state index in [-0.39, 0.29) is 24.8 Å². The number of piperidine rings is 1. The highest BCUT2D eigenvalue weighted by Crippen LogP contribution is 2.17. The molecule has 2 heterocycles. The first kappa shape index (κ1) is 12.5. The van der Waals surface area contributed by atoms with Gasteiger partial charge in [0.15, 0.2) is 0 Å². The topological polar surface area (TPSA) is 15.3 Å². The van der Waals surface area contributed by atoms with Crippen molar-refractivity contribution in [1.29, 1.82) is 0 Å². The Morgan fingerprint density at radius 1 is 1.08 bits per heavy atom. The lowest BCUT2D eigenvalue weighted by Crippen LogP contribution is -2.53. The molecule has 2 rings (SSSR count). The average Bonchev–Trinajstić information content (AvgIpc) is 2.05. The molecule has 1 N–H and O–H groups in total. The molecule has 0 spiro atoms. The third kappa shape index (κ3) is 2.77. The van der Waals surface area contributed by atoms with Crippen LogP contribution in [0, 0.1) is 0 Å². The molecule has 74 valence electrons. The molecule has 0 aromatic carbocycles. The Labute approximate surface area is 86.9 Å². The summed E-state index contributed by atoms with van der Waals surface area (Å²) in [7, 11) is 0. The van der Waals surface area contributed by atoms with Crippen LogP contribution < -0.4 is 5.32 Å². The van der Waals surface area contributed by atoms with Crippen LogP contribution >= 0.6 is 24.8 Å². The molecule has 0 aromatic heterocycles. The second kappa shape index (κ2) is 6.03. The van der Waals surface area contributed by atoms with Gasteiger partial charge in [0.2, 0.25) is 0 Å². The molecule has 0 amide bonds. The van der Waals surface area contributed by atoms with Crippen molar-refractivity contribution in [3.8, 4) is 0 Å². The standard InChI is InChI=1S/C8H16N2.2ClH/c1-2-5-10-6-4-9-7-8(10)3-1;;/h8-9H,1-7H2;2*1H. The number of piperazine rings is 1. The summed E-state index contributed by atoms with van der Waals surface area (Å²) < 4.78 is 0. The van der Waals surface area contributed by atoms with Crippen molar-refractivity contribution >= 4 is 24.8 Å². The first-order valence-electron chi connectivity index (χ1n) is 4.41. The summed E-state index contributed by atoms with van der Waals surface area (Å²) in [4.78, 5) is 2.64. The van der Waals surface area contributed by atoms with Gasteiger partial charge in [0.05, 0.1) is 0 Å². The van der Waals surface area contributed by atoms with Crippen molar-refractivity contribution in [2.45, 2.75) is 25.3 Å². The molecule has 1 atom stereocenters. The molecule has 2 fully saturated rings. The lowest BCUT2D eigenvalue weighted by atomic mass is 10.0. The Kier molecular flexibility index (Phi) is 6.28. The highest BCUT2D eigenvalue weighted by Gasteiger charge is 2.23. The van der Waals surface area contributed by atoms with Crippen LogP contribution in [0.4, 0.5) is 0 Å². The predicted octanol–water partition coefficient (Wildman–Crippen LogP) is 1.29. The molecule has 2 aliphatic heterocycles. The predicted molar refractivity (Wildman–Crippen MR) is 56.6 cm³/mol. The molecule has 0 aromatic rings. The zero-order valence-corrected chi connectivity index (χ0v) is 8.92. The summed E-state index contributed by atoms with van der Waals surface area (Å²) in [6.07, 6.45) is 4.30. The smallest absolute Gasteiger partial charge is 0.0221 e. The Hall–Kier alpha value is 0.500. The van der Waals surface area contributed by atoms with E-state index in [1.807, 2.05) is 0 Å². The van der Waals surface area contributed by atoms with Crippen LogP contribution in [0.15, 0.2) is 0 Å². The second-order valence-electron chi connectivity index (χ2n) is 3.39. The minimum Gasteiger partial charge on any atom is -0.314 e. The number of hydrogen-bond donors (Lipinski definition) is 1. The van der Waals surface area contributed by atoms with Crippen molar-refractivity contribution < 1.29 is 0 Å². The summed E-state index contributed by atoms with van der Waals surface area (Å²) >= 11 is 0. The van der Waals surface area contributed by atoms with E-state index in [0.717, 1.165) is 6.04 Å². The van der Waals surface area contributed by atoms with Crippen LogP contribution in [0.25, 0.3) is 0 Å². The van der Waals surface area contributed by atoms with Gasteiger partial charge in [0.25, 0.3) is 0 Å². The van der Waals surface area contributed by atoms with E-state index in [0.29, 0.717) is 0 Å². The van der Waals surface area contributed by atoms with Gasteiger partial charge < -0.3 is 5.32 Å². The molecule has 1 unspecified atom stereocenters. The Morgan fingerprint density at radius 3 is 2.67 bits per heavy atom. The quantitative estimate of drug-likeness (QED) is 0.652. The number of halogens is 2. The van der Waals surface area contributed by atoms with Crippen LogP contribution in [0.1, 0.15) is 19.3 Å². The third-order valence-electron chi connectivity index (χ3n) is 2.70. The molecule has 4 heteroatoms. The molecular weight excluding hydrogens is 195 g/mol. The van der Waals surface area contributed by atoms with Crippen molar-refractivity contribution in [3.63, 3.8) is 0 Å². The van der Waals surface area contributed by atoms with Gasteiger partial charge in [-0.05, 0) is 19.4 Å². The average molecular weight is 213 g/mol. The highest BCUT2D eigenvalue weighted by atomic mass is 35.5. The monoisotopic (exact) mass is 212 g/mol. The first-order chi connectivity index (χ1) is 4.97. The molecule has 2 saturated heterocycles. The van der Waals surface area contributed by atoms with Crippen molar-refractivity contribution in [3.05, 3.63) is 0 Å². The second-order valence-corrected chi connectivity index (χ2v) is 3.39. The lowest BCUT2D eigenvalue weighted by Gasteiger charge is -2.39. The lowest BCUT2D eigenvalue weighted by molar-refractivity contribution is 0.121. The molecule has 12 heavy (non-hydrogen) atoms. The van der Waals surface area contributed by atoms with E-state index < -0.39 is 0 Å². The van der Waals surface area contributed by atoms with E-state index in [1.165, 1.54) is 45.4 Å². The fraction of sp³-hybridized carbons (Fsp3) is 1.00.